The first-order valence-electron chi connectivity index (χ1n) is 7.79. The predicted molar refractivity (Wildman–Crippen MR) is 91.9 cm³/mol. The number of esters is 1. The Balaban J connectivity index is 1.85. The monoisotopic (exact) mass is 387 g/mol. The number of methoxy groups -OCH3 is 1. The van der Waals surface area contributed by atoms with E-state index >= 15 is 0 Å². The van der Waals surface area contributed by atoms with Crippen molar-refractivity contribution in [3.63, 3.8) is 0 Å². The number of hydrogen-bond acceptors (Lipinski definition) is 8. The molecule has 0 aliphatic carbocycles. The van der Waals surface area contributed by atoms with Gasteiger partial charge in [-0.1, -0.05) is 0 Å². The highest BCUT2D eigenvalue weighted by Crippen LogP contribution is 2.27. The summed E-state index contributed by atoms with van der Waals surface area (Å²) in [4.78, 5) is 47.2. The Hall–Kier alpha value is -4.15. The Morgan fingerprint density at radius 2 is 2.11 bits per heavy atom. The van der Waals surface area contributed by atoms with Gasteiger partial charge in [-0.3, -0.25) is 19.8 Å². The molecule has 2 N–H and O–H groups in total. The maximum Gasteiger partial charge on any atom is 0.373 e. The van der Waals surface area contributed by atoms with Gasteiger partial charge in [0.15, 0.2) is 0 Å². The van der Waals surface area contributed by atoms with E-state index in [-0.39, 0.29) is 40.8 Å². The summed E-state index contributed by atoms with van der Waals surface area (Å²) in [7, 11) is 1.18. The average Bonchev–Trinajstić information content (AvgIpc) is 3.21. The summed E-state index contributed by atoms with van der Waals surface area (Å²) < 4.78 is 9.73. The van der Waals surface area contributed by atoms with Crippen LogP contribution in [-0.2, 0) is 16.1 Å². The maximum absolute atomic E-state index is 12.5. The van der Waals surface area contributed by atoms with E-state index < -0.39 is 22.8 Å². The molecule has 3 rings (SSSR count). The lowest BCUT2D eigenvalue weighted by Gasteiger charge is -2.09. The third-order valence-electron chi connectivity index (χ3n) is 3.83. The number of imide groups is 1. The zero-order chi connectivity index (χ0) is 20.4. The second kappa shape index (κ2) is 7.23. The molecule has 1 saturated heterocycles. The number of ether oxygens (including phenoxy) is 1. The van der Waals surface area contributed by atoms with E-state index in [1.165, 1.54) is 19.2 Å². The third-order valence-corrected chi connectivity index (χ3v) is 3.83. The highest BCUT2D eigenvalue weighted by atomic mass is 16.6. The smallest absolute Gasteiger partial charge is 0.373 e. The number of amides is 3. The van der Waals surface area contributed by atoms with Gasteiger partial charge in [-0.25, -0.2) is 9.59 Å². The molecule has 1 aliphatic rings. The van der Waals surface area contributed by atoms with Gasteiger partial charge in [-0.15, -0.1) is 0 Å². The molecule has 11 nitrogen and oxygen atoms in total. The second-order valence-electron chi connectivity index (χ2n) is 5.64. The van der Waals surface area contributed by atoms with Crippen molar-refractivity contribution in [3.8, 4) is 5.75 Å². The van der Waals surface area contributed by atoms with Gasteiger partial charge < -0.3 is 19.6 Å². The van der Waals surface area contributed by atoms with Crippen molar-refractivity contribution >= 4 is 29.7 Å². The standard InChI is InChI=1S/C17H13N3O8/c1-27-16(23)14-5-3-11(28-14)8-19-15(22)12(18-17(19)24)7-9-6-10(21)2-4-13(9)20(25)26/h2-7,21H,8H2,1H3,(H,18,24)/b12-7-. The van der Waals surface area contributed by atoms with Gasteiger partial charge in [0, 0.05) is 6.07 Å². The summed E-state index contributed by atoms with van der Waals surface area (Å²) in [5.41, 5.74) is -0.612. The van der Waals surface area contributed by atoms with Gasteiger partial charge in [0.1, 0.15) is 17.2 Å². The Bertz CT molecular complexity index is 1020. The van der Waals surface area contributed by atoms with Crippen LogP contribution < -0.4 is 5.32 Å². The Morgan fingerprint density at radius 1 is 1.36 bits per heavy atom. The number of nitro groups is 1. The molecule has 0 radical (unpaired) electrons. The number of phenolic OH excluding ortho intramolecular Hbond substituents is 1. The van der Waals surface area contributed by atoms with Gasteiger partial charge in [-0.05, 0) is 30.3 Å². The number of rotatable bonds is 5. The number of benzene rings is 1. The first-order valence-corrected chi connectivity index (χ1v) is 7.79. The Labute approximate surface area is 156 Å². The van der Waals surface area contributed by atoms with E-state index in [1.807, 2.05) is 0 Å². The molecule has 0 unspecified atom stereocenters. The molecule has 28 heavy (non-hydrogen) atoms. The van der Waals surface area contributed by atoms with Crippen LogP contribution in [-0.4, -0.2) is 39.9 Å². The van der Waals surface area contributed by atoms with Gasteiger partial charge in [0.05, 0.1) is 24.1 Å². The largest absolute Gasteiger partial charge is 0.508 e. The van der Waals surface area contributed by atoms with E-state index in [4.69, 9.17) is 4.42 Å². The molecule has 2 aromatic rings. The van der Waals surface area contributed by atoms with E-state index in [0.29, 0.717) is 0 Å². The van der Waals surface area contributed by atoms with Gasteiger partial charge in [0.25, 0.3) is 11.6 Å². The molecule has 0 bridgehead atoms. The van der Waals surface area contributed by atoms with Crippen molar-refractivity contribution in [2.24, 2.45) is 0 Å². The number of carbonyl (C=O) groups excluding carboxylic acids is 3. The van der Waals surface area contributed by atoms with Gasteiger partial charge in [-0.2, -0.15) is 0 Å². The predicted octanol–water partition coefficient (Wildman–Crippen LogP) is 1.77. The third kappa shape index (κ3) is 3.53. The Morgan fingerprint density at radius 3 is 2.79 bits per heavy atom. The maximum atomic E-state index is 12.5. The molecule has 11 heteroatoms. The fourth-order valence-electron chi connectivity index (χ4n) is 2.52. The summed E-state index contributed by atoms with van der Waals surface area (Å²) in [5.74, 6) is -1.62. The molecular formula is C17H13N3O8. The lowest BCUT2D eigenvalue weighted by atomic mass is 10.1. The van der Waals surface area contributed by atoms with Crippen LogP contribution in [0, 0.1) is 10.1 Å². The zero-order valence-corrected chi connectivity index (χ0v) is 14.4. The number of aromatic hydroxyl groups is 1. The lowest BCUT2D eigenvalue weighted by molar-refractivity contribution is -0.385. The SMILES string of the molecule is COC(=O)c1ccc(CN2C(=O)N/C(=C\c3cc(O)ccc3[N+](=O)[O-])C2=O)o1. The summed E-state index contributed by atoms with van der Waals surface area (Å²) in [6.07, 6.45) is 1.10. The van der Waals surface area contributed by atoms with Gasteiger partial charge in [0.2, 0.25) is 5.76 Å². The van der Waals surface area contributed by atoms with Crippen LogP contribution in [0.4, 0.5) is 10.5 Å². The highest BCUT2D eigenvalue weighted by molar-refractivity contribution is 6.14. The number of carbonyl (C=O) groups is 3. The molecule has 1 aliphatic heterocycles. The normalized spacial score (nSPS) is 15.0. The molecule has 0 saturated carbocycles. The molecule has 1 aromatic heterocycles. The first-order chi connectivity index (χ1) is 13.3. The van der Waals surface area contributed by atoms with E-state index in [9.17, 15) is 29.6 Å². The van der Waals surface area contributed by atoms with Crippen molar-refractivity contribution < 1.29 is 33.6 Å². The number of furan rings is 1. The van der Waals surface area contributed by atoms with Crippen LogP contribution in [0.2, 0.25) is 0 Å². The molecule has 144 valence electrons. The second-order valence-corrected chi connectivity index (χ2v) is 5.64. The van der Waals surface area contributed by atoms with Crippen molar-refractivity contribution in [2.45, 2.75) is 6.54 Å². The Kier molecular flexibility index (Phi) is 4.81. The number of nitro benzene ring substituents is 1. The number of phenols is 1. The minimum absolute atomic E-state index is 0.0542. The van der Waals surface area contributed by atoms with Crippen LogP contribution in [0.15, 0.2) is 40.4 Å². The fraction of sp³-hybridized carbons (Fsp3) is 0.118. The summed E-state index contributed by atoms with van der Waals surface area (Å²) >= 11 is 0. The highest BCUT2D eigenvalue weighted by Gasteiger charge is 2.35. The summed E-state index contributed by atoms with van der Waals surface area (Å²) in [5, 5.41) is 23.0. The molecule has 0 spiro atoms. The summed E-state index contributed by atoms with van der Waals surface area (Å²) in [6.45, 7) is -0.263. The number of hydrogen-bond donors (Lipinski definition) is 2. The van der Waals surface area contributed by atoms with Crippen molar-refractivity contribution in [1.82, 2.24) is 10.2 Å². The topological polar surface area (TPSA) is 152 Å². The first kappa shape index (κ1) is 18.6. The minimum Gasteiger partial charge on any atom is -0.508 e. The van der Waals surface area contributed by atoms with Gasteiger partial charge >= 0.3 is 12.0 Å². The molecule has 1 fully saturated rings. The number of urea groups is 1. The molecule has 0 atom stereocenters. The van der Waals surface area contributed by atoms with Crippen LogP contribution in [0.3, 0.4) is 0 Å². The van der Waals surface area contributed by atoms with Crippen molar-refractivity contribution in [1.29, 1.82) is 0 Å². The van der Waals surface area contributed by atoms with Crippen LogP contribution in [0.25, 0.3) is 6.08 Å². The van der Waals surface area contributed by atoms with E-state index in [0.717, 1.165) is 29.2 Å². The quantitative estimate of drug-likeness (QED) is 0.259. The molecular weight excluding hydrogens is 374 g/mol. The number of nitrogens with one attached hydrogen (secondary N) is 1. The van der Waals surface area contributed by atoms with Crippen LogP contribution in [0.5, 0.6) is 5.75 Å². The zero-order valence-electron chi connectivity index (χ0n) is 14.4. The van der Waals surface area contributed by atoms with Crippen LogP contribution in [0.1, 0.15) is 21.9 Å². The molecule has 2 heterocycles. The molecule has 1 aromatic carbocycles. The average molecular weight is 387 g/mol. The summed E-state index contributed by atoms with van der Waals surface area (Å²) in [6, 6.07) is 5.30. The molecule has 3 amide bonds. The van der Waals surface area contributed by atoms with Crippen molar-refractivity contribution in [2.75, 3.05) is 7.11 Å². The minimum atomic E-state index is -0.768. The van der Waals surface area contributed by atoms with Crippen LogP contribution >= 0.6 is 0 Å². The van der Waals surface area contributed by atoms with E-state index in [1.54, 1.807) is 0 Å². The number of nitrogens with zero attached hydrogens (tertiary/aromatic N) is 2. The van der Waals surface area contributed by atoms with Crippen molar-refractivity contribution in [3.05, 3.63) is 63.2 Å². The fourth-order valence-corrected chi connectivity index (χ4v) is 2.52. The lowest BCUT2D eigenvalue weighted by Crippen LogP contribution is -2.30. The van der Waals surface area contributed by atoms with E-state index in [2.05, 4.69) is 10.1 Å².